The van der Waals surface area contributed by atoms with Crippen LogP contribution in [0, 0.1) is 0 Å². The summed E-state index contributed by atoms with van der Waals surface area (Å²) in [6.07, 6.45) is 2.63. The fraction of sp³-hybridized carbons (Fsp3) is 0.308. The molecule has 2 rings (SSSR count). The fourth-order valence-electron chi connectivity index (χ4n) is 2.04. The first-order valence-electron chi connectivity index (χ1n) is 5.24. The molecule has 0 amide bonds. The van der Waals surface area contributed by atoms with Crippen molar-refractivity contribution in [1.82, 2.24) is 4.98 Å². The zero-order valence-electron chi connectivity index (χ0n) is 9.08. The van der Waals surface area contributed by atoms with E-state index in [0.717, 1.165) is 5.52 Å². The van der Waals surface area contributed by atoms with E-state index in [0.29, 0.717) is 12.3 Å². The monoisotopic (exact) mass is 201 g/mol. The molecule has 0 fully saturated rings. The molecule has 1 aromatic heterocycles. The number of para-hydroxylation sites is 1. The molecule has 78 valence electrons. The Labute approximate surface area is 89.3 Å². The van der Waals surface area contributed by atoms with Gasteiger partial charge >= 0.3 is 0 Å². The summed E-state index contributed by atoms with van der Waals surface area (Å²) < 4.78 is 0. The van der Waals surface area contributed by atoms with Gasteiger partial charge in [-0.1, -0.05) is 25.1 Å². The zero-order chi connectivity index (χ0) is 10.8. The number of Topliss-reactive ketones (excluding diaryl/α,β-unsaturated/α-hetero) is 1. The van der Waals surface area contributed by atoms with Crippen molar-refractivity contribution in [1.29, 1.82) is 0 Å². The number of hydrogen-bond donors (Lipinski definition) is 1. The highest BCUT2D eigenvalue weighted by Gasteiger charge is 2.12. The predicted molar refractivity (Wildman–Crippen MR) is 62.0 cm³/mol. The Morgan fingerprint density at radius 1 is 1.40 bits per heavy atom. The van der Waals surface area contributed by atoms with E-state index in [-0.39, 0.29) is 5.78 Å². The fourth-order valence-corrected chi connectivity index (χ4v) is 2.04. The molecule has 0 aliphatic carbocycles. The zero-order valence-corrected chi connectivity index (χ0v) is 9.08. The minimum atomic E-state index is 0.243. The molecule has 0 bridgehead atoms. The summed E-state index contributed by atoms with van der Waals surface area (Å²) in [5.74, 6) is 0.534. The summed E-state index contributed by atoms with van der Waals surface area (Å²) in [6, 6.07) is 8.19. The summed E-state index contributed by atoms with van der Waals surface area (Å²) >= 11 is 0. The Balaban J connectivity index is 2.39. The molecular weight excluding hydrogens is 186 g/mol. The summed E-state index contributed by atoms with van der Waals surface area (Å²) in [5, 5.41) is 1.23. The van der Waals surface area contributed by atoms with Gasteiger partial charge < -0.3 is 9.78 Å². The highest BCUT2D eigenvalue weighted by Crippen LogP contribution is 2.27. The van der Waals surface area contributed by atoms with Crippen LogP contribution in [0.2, 0.25) is 0 Å². The molecule has 2 aromatic rings. The Morgan fingerprint density at radius 3 is 2.87 bits per heavy atom. The molecule has 2 nitrogen and oxygen atoms in total. The van der Waals surface area contributed by atoms with Crippen molar-refractivity contribution < 1.29 is 4.79 Å². The van der Waals surface area contributed by atoms with Crippen LogP contribution in [-0.4, -0.2) is 10.8 Å². The van der Waals surface area contributed by atoms with E-state index in [1.165, 1.54) is 10.9 Å². The van der Waals surface area contributed by atoms with Crippen LogP contribution in [0.25, 0.3) is 10.9 Å². The van der Waals surface area contributed by atoms with Gasteiger partial charge in [-0.25, -0.2) is 0 Å². The summed E-state index contributed by atoms with van der Waals surface area (Å²) in [4.78, 5) is 14.3. The molecule has 1 N–H and O–H groups in total. The molecule has 2 heteroatoms. The van der Waals surface area contributed by atoms with Gasteiger partial charge in [-0.15, -0.1) is 0 Å². The number of aromatic nitrogens is 1. The topological polar surface area (TPSA) is 32.9 Å². The van der Waals surface area contributed by atoms with E-state index in [9.17, 15) is 4.79 Å². The number of carbonyl (C=O) groups excluding carboxylic acids is 1. The van der Waals surface area contributed by atoms with Crippen molar-refractivity contribution >= 4 is 16.7 Å². The van der Waals surface area contributed by atoms with Gasteiger partial charge in [0, 0.05) is 23.5 Å². The quantitative estimate of drug-likeness (QED) is 0.812. The summed E-state index contributed by atoms with van der Waals surface area (Å²) in [6.45, 7) is 3.74. The van der Waals surface area contributed by atoms with Gasteiger partial charge in [-0.3, -0.25) is 0 Å². The lowest BCUT2D eigenvalue weighted by molar-refractivity contribution is -0.117. The van der Waals surface area contributed by atoms with Crippen molar-refractivity contribution in [3.8, 4) is 0 Å². The van der Waals surface area contributed by atoms with E-state index in [4.69, 9.17) is 0 Å². The van der Waals surface area contributed by atoms with Gasteiger partial charge in [0.05, 0.1) is 0 Å². The normalized spacial score (nSPS) is 12.9. The van der Waals surface area contributed by atoms with Crippen molar-refractivity contribution in [2.75, 3.05) is 0 Å². The first-order chi connectivity index (χ1) is 7.18. The molecule has 15 heavy (non-hydrogen) atoms. The van der Waals surface area contributed by atoms with Crippen LogP contribution in [0.4, 0.5) is 0 Å². The largest absolute Gasteiger partial charge is 0.361 e. The van der Waals surface area contributed by atoms with Crippen LogP contribution in [0.1, 0.15) is 31.7 Å². The van der Waals surface area contributed by atoms with Crippen molar-refractivity contribution in [2.24, 2.45) is 0 Å². The number of hydrogen-bond acceptors (Lipinski definition) is 1. The van der Waals surface area contributed by atoms with E-state index < -0.39 is 0 Å². The van der Waals surface area contributed by atoms with Gasteiger partial charge in [-0.05, 0) is 24.5 Å². The van der Waals surface area contributed by atoms with E-state index in [1.807, 2.05) is 18.3 Å². The number of benzene rings is 1. The van der Waals surface area contributed by atoms with Crippen molar-refractivity contribution in [2.45, 2.75) is 26.2 Å². The average molecular weight is 201 g/mol. The van der Waals surface area contributed by atoms with Crippen LogP contribution >= 0.6 is 0 Å². The maximum absolute atomic E-state index is 11.1. The number of nitrogens with one attached hydrogen (secondary N) is 1. The van der Waals surface area contributed by atoms with Gasteiger partial charge in [0.25, 0.3) is 0 Å². The van der Waals surface area contributed by atoms with Crippen molar-refractivity contribution in [3.05, 3.63) is 36.0 Å². The first kappa shape index (κ1) is 9.97. The molecule has 0 unspecified atom stereocenters. The number of rotatable bonds is 3. The van der Waals surface area contributed by atoms with E-state index >= 15 is 0 Å². The molecular formula is C13H15NO. The SMILES string of the molecule is CC(=O)C[C@@H](C)c1c[nH]c2ccccc12. The van der Waals surface area contributed by atoms with Gasteiger partial charge in [0.1, 0.15) is 5.78 Å². The Bertz CT molecular complexity index is 484. The second-order valence-electron chi connectivity index (χ2n) is 4.10. The second-order valence-corrected chi connectivity index (χ2v) is 4.10. The molecule has 1 aromatic carbocycles. The van der Waals surface area contributed by atoms with Crippen LogP contribution in [0.3, 0.4) is 0 Å². The highest BCUT2D eigenvalue weighted by molar-refractivity contribution is 5.85. The third kappa shape index (κ3) is 1.94. The molecule has 0 aliphatic heterocycles. The van der Waals surface area contributed by atoms with Gasteiger partial charge in [0.15, 0.2) is 0 Å². The minimum Gasteiger partial charge on any atom is -0.361 e. The number of carbonyl (C=O) groups is 1. The average Bonchev–Trinajstić information content (AvgIpc) is 2.59. The number of ketones is 1. The van der Waals surface area contributed by atoms with Crippen LogP contribution in [-0.2, 0) is 4.79 Å². The lowest BCUT2D eigenvalue weighted by atomic mass is 9.96. The maximum Gasteiger partial charge on any atom is 0.130 e. The maximum atomic E-state index is 11.1. The van der Waals surface area contributed by atoms with E-state index in [2.05, 4.69) is 24.0 Å². The Hall–Kier alpha value is -1.57. The molecule has 0 radical (unpaired) electrons. The van der Waals surface area contributed by atoms with Crippen LogP contribution in [0.5, 0.6) is 0 Å². The highest BCUT2D eigenvalue weighted by atomic mass is 16.1. The smallest absolute Gasteiger partial charge is 0.130 e. The minimum absolute atomic E-state index is 0.243. The molecule has 0 spiro atoms. The standard InChI is InChI=1S/C13H15NO/c1-9(7-10(2)15)12-8-14-13-6-4-3-5-11(12)13/h3-6,8-9,14H,7H2,1-2H3/t9-/m1/s1. The third-order valence-electron chi connectivity index (χ3n) is 2.75. The molecule has 0 saturated heterocycles. The summed E-state index contributed by atoms with van der Waals surface area (Å²) in [5.41, 5.74) is 2.38. The molecule has 1 heterocycles. The van der Waals surface area contributed by atoms with Gasteiger partial charge in [0.2, 0.25) is 0 Å². The number of aromatic amines is 1. The molecule has 1 atom stereocenters. The molecule has 0 saturated carbocycles. The lowest BCUT2D eigenvalue weighted by Gasteiger charge is -2.07. The second kappa shape index (κ2) is 3.89. The lowest BCUT2D eigenvalue weighted by Crippen LogP contribution is -1.99. The molecule has 0 aliphatic rings. The van der Waals surface area contributed by atoms with E-state index in [1.54, 1.807) is 6.92 Å². The predicted octanol–water partition coefficient (Wildman–Crippen LogP) is 3.25. The summed E-state index contributed by atoms with van der Waals surface area (Å²) in [7, 11) is 0. The third-order valence-corrected chi connectivity index (χ3v) is 2.75. The Morgan fingerprint density at radius 2 is 2.13 bits per heavy atom. The number of H-pyrrole nitrogens is 1. The first-order valence-corrected chi connectivity index (χ1v) is 5.24. The van der Waals surface area contributed by atoms with Crippen LogP contribution in [0.15, 0.2) is 30.5 Å². The number of fused-ring (bicyclic) bond motifs is 1. The Kier molecular flexibility index (Phi) is 2.58. The van der Waals surface area contributed by atoms with Crippen LogP contribution < -0.4 is 0 Å². The van der Waals surface area contributed by atoms with Crippen molar-refractivity contribution in [3.63, 3.8) is 0 Å². The van der Waals surface area contributed by atoms with Gasteiger partial charge in [-0.2, -0.15) is 0 Å².